The summed E-state index contributed by atoms with van der Waals surface area (Å²) in [6.07, 6.45) is 0. The minimum absolute atomic E-state index is 0.0428. The van der Waals surface area contributed by atoms with Gasteiger partial charge >= 0.3 is 0 Å². The van der Waals surface area contributed by atoms with E-state index in [1.54, 1.807) is 0 Å². The van der Waals surface area contributed by atoms with Crippen molar-refractivity contribution < 1.29 is 4.79 Å². The number of nitrogens with two attached hydrogens (primary N) is 1. The van der Waals surface area contributed by atoms with Crippen molar-refractivity contribution in [3.8, 4) is 0 Å². The molecule has 3 rings (SSSR count). The topological polar surface area (TPSA) is 60.0 Å². The number of hydrogen-bond donors (Lipinski definition) is 2. The van der Waals surface area contributed by atoms with Crippen LogP contribution in [-0.4, -0.2) is 17.0 Å². The first-order valence-corrected chi connectivity index (χ1v) is 9.08. The molecule has 0 saturated heterocycles. The zero-order chi connectivity index (χ0) is 18.8. The molecule has 1 amide bonds. The predicted octanol–water partition coefficient (Wildman–Crippen LogP) is 4.27. The zero-order valence-electron chi connectivity index (χ0n) is 16.0. The summed E-state index contributed by atoms with van der Waals surface area (Å²) in [5, 5.41) is 4.03. The van der Waals surface area contributed by atoms with Gasteiger partial charge in [-0.2, -0.15) is 0 Å². The quantitative estimate of drug-likeness (QED) is 0.676. The van der Waals surface area contributed by atoms with E-state index in [9.17, 15) is 4.79 Å². The average Bonchev–Trinajstić information content (AvgIpc) is 2.93. The van der Waals surface area contributed by atoms with Crippen LogP contribution in [0.5, 0.6) is 0 Å². The van der Waals surface area contributed by atoms with Gasteiger partial charge in [0, 0.05) is 29.7 Å². The molecule has 0 spiro atoms. The van der Waals surface area contributed by atoms with E-state index in [0.717, 1.165) is 10.9 Å². The molecule has 26 heavy (non-hydrogen) atoms. The molecule has 0 aliphatic heterocycles. The summed E-state index contributed by atoms with van der Waals surface area (Å²) in [6, 6.07) is 14.2. The number of carbonyl (C=O) groups is 1. The Bertz CT molecular complexity index is 953. The van der Waals surface area contributed by atoms with Crippen LogP contribution < -0.4 is 11.1 Å². The number of aromatic nitrogens is 1. The van der Waals surface area contributed by atoms with Crippen LogP contribution in [0.2, 0.25) is 0 Å². The third-order valence-corrected chi connectivity index (χ3v) is 4.66. The molecule has 1 heterocycles. The first-order chi connectivity index (χ1) is 12.3. The van der Waals surface area contributed by atoms with Crippen molar-refractivity contribution in [2.75, 3.05) is 12.3 Å². The molecule has 136 valence electrons. The van der Waals surface area contributed by atoms with Gasteiger partial charge in [0.2, 0.25) is 0 Å². The van der Waals surface area contributed by atoms with E-state index in [1.165, 1.54) is 16.7 Å². The molecule has 0 fully saturated rings. The number of hydrogen-bond acceptors (Lipinski definition) is 2. The minimum atomic E-state index is -0.0428. The molecule has 3 N–H and O–H groups in total. The predicted molar refractivity (Wildman–Crippen MR) is 109 cm³/mol. The number of nitrogens with one attached hydrogen (secondary N) is 1. The van der Waals surface area contributed by atoms with Crippen molar-refractivity contribution in [2.24, 2.45) is 5.92 Å². The summed E-state index contributed by atoms with van der Waals surface area (Å²) in [7, 11) is 0. The molecule has 0 atom stereocenters. The second-order valence-corrected chi connectivity index (χ2v) is 7.47. The van der Waals surface area contributed by atoms with Crippen molar-refractivity contribution in [1.82, 2.24) is 9.88 Å². The molecule has 0 saturated carbocycles. The van der Waals surface area contributed by atoms with E-state index in [0.29, 0.717) is 30.4 Å². The molecule has 0 aliphatic rings. The van der Waals surface area contributed by atoms with Gasteiger partial charge in [-0.3, -0.25) is 4.79 Å². The summed E-state index contributed by atoms with van der Waals surface area (Å²) >= 11 is 0. The largest absolute Gasteiger partial charge is 0.399 e. The Kier molecular flexibility index (Phi) is 5.03. The number of nitrogens with zero attached hydrogens (tertiary/aromatic N) is 1. The number of benzene rings is 2. The van der Waals surface area contributed by atoms with E-state index < -0.39 is 0 Å². The maximum atomic E-state index is 12.8. The van der Waals surface area contributed by atoms with Crippen LogP contribution in [-0.2, 0) is 6.54 Å². The number of carbonyl (C=O) groups excluding carboxylic acids is 1. The average molecular weight is 349 g/mol. The summed E-state index contributed by atoms with van der Waals surface area (Å²) < 4.78 is 2.09. The van der Waals surface area contributed by atoms with Crippen LogP contribution >= 0.6 is 0 Å². The van der Waals surface area contributed by atoms with Crippen molar-refractivity contribution >= 4 is 22.5 Å². The normalized spacial score (nSPS) is 11.3. The summed E-state index contributed by atoms with van der Waals surface area (Å²) in [5.74, 6) is 0.366. The number of anilines is 1. The fourth-order valence-electron chi connectivity index (χ4n) is 3.18. The number of rotatable bonds is 5. The van der Waals surface area contributed by atoms with Crippen LogP contribution in [0.1, 0.15) is 41.0 Å². The lowest BCUT2D eigenvalue weighted by molar-refractivity contribution is 0.0940. The van der Waals surface area contributed by atoms with E-state index in [2.05, 4.69) is 55.8 Å². The van der Waals surface area contributed by atoms with Gasteiger partial charge in [-0.25, -0.2) is 0 Å². The van der Waals surface area contributed by atoms with E-state index >= 15 is 0 Å². The summed E-state index contributed by atoms with van der Waals surface area (Å²) in [5.41, 5.74) is 12.0. The lowest BCUT2D eigenvalue weighted by atomic mass is 10.1. The molecule has 4 heteroatoms. The number of nitrogen functional groups attached to an aromatic ring is 1. The third-order valence-electron chi connectivity index (χ3n) is 4.66. The Balaban J connectivity index is 2.07. The Labute approximate surface area is 155 Å². The van der Waals surface area contributed by atoms with Gasteiger partial charge < -0.3 is 15.6 Å². The van der Waals surface area contributed by atoms with Gasteiger partial charge in [0.15, 0.2) is 0 Å². The highest BCUT2D eigenvalue weighted by Gasteiger charge is 2.17. The van der Waals surface area contributed by atoms with Crippen LogP contribution in [0.4, 0.5) is 5.69 Å². The van der Waals surface area contributed by atoms with Gasteiger partial charge in [0.1, 0.15) is 5.69 Å². The smallest absolute Gasteiger partial charge is 0.267 e. The van der Waals surface area contributed by atoms with Crippen LogP contribution in [0, 0.1) is 19.8 Å². The number of aryl methyl sites for hydroxylation is 2. The first kappa shape index (κ1) is 18.1. The van der Waals surface area contributed by atoms with Crippen molar-refractivity contribution in [3.05, 3.63) is 64.8 Å². The van der Waals surface area contributed by atoms with Crippen LogP contribution in [0.15, 0.2) is 42.5 Å². The van der Waals surface area contributed by atoms with Gasteiger partial charge in [-0.1, -0.05) is 37.6 Å². The highest BCUT2D eigenvalue weighted by Crippen LogP contribution is 2.25. The van der Waals surface area contributed by atoms with E-state index in [-0.39, 0.29) is 5.91 Å². The van der Waals surface area contributed by atoms with Crippen LogP contribution in [0.3, 0.4) is 0 Å². The molecule has 2 aromatic carbocycles. The first-order valence-electron chi connectivity index (χ1n) is 9.08. The number of amides is 1. The molecule has 0 unspecified atom stereocenters. The molecular weight excluding hydrogens is 322 g/mol. The fourth-order valence-corrected chi connectivity index (χ4v) is 3.18. The second kappa shape index (κ2) is 7.24. The fraction of sp³-hybridized carbons (Fsp3) is 0.318. The monoisotopic (exact) mass is 349 g/mol. The second-order valence-electron chi connectivity index (χ2n) is 7.47. The van der Waals surface area contributed by atoms with Gasteiger partial charge in [-0.15, -0.1) is 0 Å². The summed E-state index contributed by atoms with van der Waals surface area (Å²) in [6.45, 7) is 9.70. The Morgan fingerprint density at radius 3 is 2.62 bits per heavy atom. The van der Waals surface area contributed by atoms with Crippen molar-refractivity contribution in [3.63, 3.8) is 0 Å². The highest BCUT2D eigenvalue weighted by molar-refractivity contribution is 5.99. The van der Waals surface area contributed by atoms with E-state index in [1.807, 2.05) is 24.3 Å². The van der Waals surface area contributed by atoms with Gasteiger partial charge in [0.05, 0.1) is 0 Å². The maximum absolute atomic E-state index is 12.8. The highest BCUT2D eigenvalue weighted by atomic mass is 16.1. The lowest BCUT2D eigenvalue weighted by Gasteiger charge is -2.14. The molecule has 0 bridgehead atoms. The summed E-state index contributed by atoms with van der Waals surface area (Å²) in [4.78, 5) is 12.8. The van der Waals surface area contributed by atoms with Crippen molar-refractivity contribution in [1.29, 1.82) is 0 Å². The standard InChI is InChI=1S/C22H27N3O/c1-14(2)12-24-22(26)21-11-17-10-19(23)7-8-20(17)25(21)13-18-9-15(3)5-6-16(18)4/h5-11,14H,12-13,23H2,1-4H3,(H,24,26). The minimum Gasteiger partial charge on any atom is -0.399 e. The Morgan fingerprint density at radius 1 is 1.12 bits per heavy atom. The SMILES string of the molecule is Cc1ccc(C)c(Cn2c(C(=O)NCC(C)C)cc3cc(N)ccc32)c1. The van der Waals surface area contributed by atoms with Gasteiger partial charge in [0.25, 0.3) is 5.91 Å². The molecule has 3 aromatic rings. The zero-order valence-corrected chi connectivity index (χ0v) is 16.0. The van der Waals surface area contributed by atoms with Crippen molar-refractivity contribution in [2.45, 2.75) is 34.2 Å². The Hall–Kier alpha value is -2.75. The third kappa shape index (κ3) is 3.74. The molecular formula is C22H27N3O. The molecule has 0 aliphatic carbocycles. The lowest BCUT2D eigenvalue weighted by Crippen LogP contribution is -2.29. The molecule has 4 nitrogen and oxygen atoms in total. The maximum Gasteiger partial charge on any atom is 0.267 e. The number of fused-ring (bicyclic) bond motifs is 1. The van der Waals surface area contributed by atoms with E-state index in [4.69, 9.17) is 5.73 Å². The Morgan fingerprint density at radius 2 is 1.88 bits per heavy atom. The van der Waals surface area contributed by atoms with Crippen LogP contribution in [0.25, 0.3) is 10.9 Å². The molecule has 0 radical (unpaired) electrons. The van der Waals surface area contributed by atoms with Gasteiger partial charge in [-0.05, 0) is 55.2 Å². The molecule has 1 aromatic heterocycles.